The molecule has 0 aromatic rings. The number of nitrogens with zero attached hydrogens (tertiary/aromatic N) is 2. The van der Waals surface area contributed by atoms with E-state index in [0.717, 1.165) is 4.90 Å². The molecular weight excluding hydrogens is 242 g/mol. The van der Waals surface area contributed by atoms with Gasteiger partial charge in [0.05, 0.1) is 6.04 Å². The van der Waals surface area contributed by atoms with E-state index in [0.29, 0.717) is 13.1 Å². The molecule has 0 aliphatic carbocycles. The minimum atomic E-state index is -4.64. The first-order chi connectivity index (χ1) is 7.80. The minimum absolute atomic E-state index is 0.0144. The molecule has 0 bridgehead atoms. The normalized spacial score (nSPS) is 23.2. The molecule has 1 unspecified atom stereocenters. The van der Waals surface area contributed by atoms with E-state index in [1.165, 1.54) is 0 Å². The van der Waals surface area contributed by atoms with E-state index in [4.69, 9.17) is 5.73 Å². The molecule has 0 saturated carbocycles. The lowest BCUT2D eigenvalue weighted by Crippen LogP contribution is -2.61. The molecule has 1 atom stereocenters. The van der Waals surface area contributed by atoms with Crippen LogP contribution in [0.25, 0.3) is 0 Å². The summed E-state index contributed by atoms with van der Waals surface area (Å²) in [5.41, 5.74) is 5.36. The third-order valence-electron chi connectivity index (χ3n) is 2.78. The number of piperazine rings is 1. The van der Waals surface area contributed by atoms with Gasteiger partial charge in [0.2, 0.25) is 0 Å². The average molecular weight is 257 g/mol. The topological polar surface area (TPSA) is 49.6 Å². The fourth-order valence-corrected chi connectivity index (χ4v) is 1.76. The summed E-state index contributed by atoms with van der Waals surface area (Å²) in [5, 5.41) is 0. The molecule has 1 aliphatic heterocycles. The van der Waals surface area contributed by atoms with Crippen molar-refractivity contribution in [3.63, 3.8) is 0 Å². The van der Waals surface area contributed by atoms with Crippen molar-refractivity contribution in [1.82, 2.24) is 9.80 Å². The maximum atomic E-state index is 12.9. The average Bonchev–Trinajstić information content (AvgIpc) is 2.27. The molecule has 8 heteroatoms. The second-order valence-corrected chi connectivity index (χ2v) is 4.07. The van der Waals surface area contributed by atoms with Crippen LogP contribution in [0.2, 0.25) is 0 Å². The fourth-order valence-electron chi connectivity index (χ4n) is 1.76. The van der Waals surface area contributed by atoms with E-state index in [9.17, 15) is 22.4 Å². The first-order valence-corrected chi connectivity index (χ1v) is 5.16. The molecule has 1 rings (SSSR count). The van der Waals surface area contributed by atoms with Gasteiger partial charge in [0, 0.05) is 26.2 Å². The molecule has 2 N–H and O–H groups in total. The van der Waals surface area contributed by atoms with Gasteiger partial charge in [0.25, 0.3) is 5.91 Å². The van der Waals surface area contributed by atoms with Crippen molar-refractivity contribution in [3.05, 3.63) is 0 Å². The zero-order chi connectivity index (χ0) is 13.2. The fraction of sp³-hybridized carbons (Fsp3) is 0.889. The number of rotatable bonds is 3. The van der Waals surface area contributed by atoms with E-state index in [1.807, 2.05) is 4.90 Å². The second-order valence-electron chi connectivity index (χ2n) is 4.07. The van der Waals surface area contributed by atoms with Crippen LogP contribution in [0.4, 0.5) is 17.6 Å². The Morgan fingerprint density at radius 2 is 2.06 bits per heavy atom. The summed E-state index contributed by atoms with van der Waals surface area (Å²) >= 11 is 0. The van der Waals surface area contributed by atoms with Crippen LogP contribution in [0.3, 0.4) is 0 Å². The van der Waals surface area contributed by atoms with Crippen LogP contribution >= 0.6 is 0 Å². The number of amides is 1. The van der Waals surface area contributed by atoms with Crippen LogP contribution in [0.5, 0.6) is 0 Å². The lowest BCUT2D eigenvalue weighted by atomic mass is 10.1. The Labute approximate surface area is 96.3 Å². The molecule has 4 nitrogen and oxygen atoms in total. The van der Waals surface area contributed by atoms with Gasteiger partial charge in [0.15, 0.2) is 0 Å². The SMILES string of the molecule is CN1CCN(C(=O)C(F)(F)C(F)F)C(CN)C1. The van der Waals surface area contributed by atoms with Gasteiger partial charge in [-0.25, -0.2) is 8.78 Å². The van der Waals surface area contributed by atoms with Crippen LogP contribution in [0, 0.1) is 0 Å². The zero-order valence-electron chi connectivity index (χ0n) is 9.38. The van der Waals surface area contributed by atoms with E-state index >= 15 is 0 Å². The number of halogens is 4. The number of alkyl halides is 4. The highest BCUT2D eigenvalue weighted by molar-refractivity contribution is 5.84. The van der Waals surface area contributed by atoms with Crippen molar-refractivity contribution in [3.8, 4) is 0 Å². The van der Waals surface area contributed by atoms with Gasteiger partial charge in [-0.2, -0.15) is 8.78 Å². The van der Waals surface area contributed by atoms with Crippen molar-refractivity contribution in [2.24, 2.45) is 5.73 Å². The van der Waals surface area contributed by atoms with Crippen LogP contribution in [0.1, 0.15) is 0 Å². The Balaban J connectivity index is 2.81. The number of carbonyl (C=O) groups is 1. The molecule has 0 aromatic carbocycles. The third kappa shape index (κ3) is 2.86. The lowest BCUT2D eigenvalue weighted by Gasteiger charge is -2.40. The van der Waals surface area contributed by atoms with Gasteiger partial charge < -0.3 is 15.5 Å². The van der Waals surface area contributed by atoms with Gasteiger partial charge in [-0.1, -0.05) is 0 Å². The summed E-state index contributed by atoms with van der Waals surface area (Å²) in [7, 11) is 1.75. The molecular formula is C9H15F4N3O. The smallest absolute Gasteiger partial charge is 0.330 e. The van der Waals surface area contributed by atoms with Crippen molar-refractivity contribution < 1.29 is 22.4 Å². The van der Waals surface area contributed by atoms with Crippen molar-refractivity contribution >= 4 is 5.91 Å². The summed E-state index contributed by atoms with van der Waals surface area (Å²) in [6.45, 7) is 0.623. The predicted molar refractivity (Wildman–Crippen MR) is 53.0 cm³/mol. The van der Waals surface area contributed by atoms with Gasteiger partial charge in [-0.15, -0.1) is 0 Å². The van der Waals surface area contributed by atoms with Gasteiger partial charge in [-0.3, -0.25) is 4.79 Å². The summed E-state index contributed by atoms with van der Waals surface area (Å²) in [6.07, 6.45) is -3.99. The lowest BCUT2D eigenvalue weighted by molar-refractivity contribution is -0.184. The predicted octanol–water partition coefficient (Wildman–Crippen LogP) is -0.0119. The Bertz CT molecular complexity index is 287. The number of nitrogens with two attached hydrogens (primary N) is 1. The summed E-state index contributed by atoms with van der Waals surface area (Å²) in [5.74, 6) is -6.47. The van der Waals surface area contributed by atoms with E-state index in [1.54, 1.807) is 7.05 Å². The second kappa shape index (κ2) is 5.18. The molecule has 0 aromatic heterocycles. The third-order valence-corrected chi connectivity index (χ3v) is 2.78. The Kier molecular flexibility index (Phi) is 4.31. The molecule has 1 heterocycles. The molecule has 17 heavy (non-hydrogen) atoms. The highest BCUT2D eigenvalue weighted by Crippen LogP contribution is 2.27. The number of carbonyl (C=O) groups excluding carboxylic acids is 1. The monoisotopic (exact) mass is 257 g/mol. The molecule has 1 aliphatic rings. The summed E-state index contributed by atoms with van der Waals surface area (Å²) in [6, 6.07) is -0.647. The minimum Gasteiger partial charge on any atom is -0.330 e. The molecule has 0 radical (unpaired) electrons. The Hall–Kier alpha value is -0.890. The van der Waals surface area contributed by atoms with E-state index < -0.39 is 24.3 Å². The van der Waals surface area contributed by atoms with Crippen LogP contribution < -0.4 is 5.73 Å². The first-order valence-electron chi connectivity index (χ1n) is 5.16. The maximum Gasteiger partial charge on any atom is 0.383 e. The van der Waals surface area contributed by atoms with Gasteiger partial charge in [0.1, 0.15) is 0 Å². The molecule has 100 valence electrons. The van der Waals surface area contributed by atoms with Crippen LogP contribution in [0.15, 0.2) is 0 Å². The van der Waals surface area contributed by atoms with Crippen molar-refractivity contribution in [2.45, 2.75) is 18.4 Å². The molecule has 0 spiro atoms. The standard InChI is InChI=1S/C9H15F4N3O/c1-15-2-3-16(6(4-14)5-15)8(17)9(12,13)7(10)11/h6-7H,2-5,14H2,1H3. The zero-order valence-corrected chi connectivity index (χ0v) is 9.38. The number of hydrogen-bond acceptors (Lipinski definition) is 3. The number of hydrogen-bond donors (Lipinski definition) is 1. The quantitative estimate of drug-likeness (QED) is 0.723. The summed E-state index contributed by atoms with van der Waals surface area (Å²) in [4.78, 5) is 13.9. The molecule has 1 saturated heterocycles. The molecule has 1 amide bonds. The Morgan fingerprint density at radius 1 is 1.47 bits per heavy atom. The number of likely N-dealkylation sites (N-methyl/N-ethyl adjacent to an activating group) is 1. The van der Waals surface area contributed by atoms with Gasteiger partial charge >= 0.3 is 12.3 Å². The Morgan fingerprint density at radius 3 is 2.53 bits per heavy atom. The maximum absolute atomic E-state index is 12.9. The largest absolute Gasteiger partial charge is 0.383 e. The van der Waals surface area contributed by atoms with E-state index in [2.05, 4.69) is 0 Å². The van der Waals surface area contributed by atoms with Crippen molar-refractivity contribution in [1.29, 1.82) is 0 Å². The van der Waals surface area contributed by atoms with Gasteiger partial charge in [-0.05, 0) is 7.05 Å². The van der Waals surface area contributed by atoms with Crippen LogP contribution in [-0.2, 0) is 4.79 Å². The molecule has 1 fully saturated rings. The van der Waals surface area contributed by atoms with E-state index in [-0.39, 0.29) is 13.1 Å². The highest BCUT2D eigenvalue weighted by Gasteiger charge is 2.52. The van der Waals surface area contributed by atoms with Crippen molar-refractivity contribution in [2.75, 3.05) is 33.2 Å². The first kappa shape index (κ1) is 14.2. The summed E-state index contributed by atoms with van der Waals surface area (Å²) < 4.78 is 50.0. The van der Waals surface area contributed by atoms with Crippen LogP contribution in [-0.4, -0.2) is 67.3 Å². The highest BCUT2D eigenvalue weighted by atomic mass is 19.3.